The van der Waals surface area contributed by atoms with E-state index >= 15 is 0 Å². The smallest absolute Gasteiger partial charge is 0.338 e. The van der Waals surface area contributed by atoms with Crippen molar-refractivity contribution in [1.82, 2.24) is 16.1 Å². The molecule has 3 amide bonds. The number of rotatable bonds is 12. The zero-order valence-corrected chi connectivity index (χ0v) is 26.7. The highest BCUT2D eigenvalue weighted by Gasteiger charge is 2.32. The lowest BCUT2D eigenvalue weighted by molar-refractivity contribution is -0.139. The van der Waals surface area contributed by atoms with Crippen LogP contribution in [0.2, 0.25) is 15.1 Å². The van der Waals surface area contributed by atoms with Crippen molar-refractivity contribution < 1.29 is 33.3 Å². The predicted octanol–water partition coefficient (Wildman–Crippen LogP) is 5.95. The average Bonchev–Trinajstić information content (AvgIpc) is 2.99. The van der Waals surface area contributed by atoms with Crippen molar-refractivity contribution in [1.29, 1.82) is 0 Å². The van der Waals surface area contributed by atoms with E-state index in [-0.39, 0.29) is 35.3 Å². The summed E-state index contributed by atoms with van der Waals surface area (Å²) in [7, 11) is 1.42. The number of amides is 3. The third-order valence-corrected chi connectivity index (χ3v) is 7.08. The van der Waals surface area contributed by atoms with Crippen molar-refractivity contribution in [2.45, 2.75) is 26.5 Å². The second-order valence-electron chi connectivity index (χ2n) is 9.51. The first kappa shape index (κ1) is 33.4. The van der Waals surface area contributed by atoms with Crippen LogP contribution < -0.4 is 30.3 Å². The van der Waals surface area contributed by atoms with Crippen LogP contribution in [0.15, 0.2) is 71.0 Å². The molecule has 0 aromatic heterocycles. The van der Waals surface area contributed by atoms with Gasteiger partial charge < -0.3 is 29.6 Å². The number of ether oxygens (including phenoxy) is 4. The molecular formula is C31H29Cl3N4O7. The van der Waals surface area contributed by atoms with Gasteiger partial charge in [0.2, 0.25) is 0 Å². The summed E-state index contributed by atoms with van der Waals surface area (Å²) < 4.78 is 22.2. The average molecular weight is 676 g/mol. The first-order valence-corrected chi connectivity index (χ1v) is 14.7. The van der Waals surface area contributed by atoms with Gasteiger partial charge in [-0.3, -0.25) is 4.79 Å². The molecule has 11 nitrogen and oxygen atoms in total. The van der Waals surface area contributed by atoms with Crippen LogP contribution in [0.4, 0.5) is 4.79 Å². The Morgan fingerprint density at radius 3 is 2.56 bits per heavy atom. The van der Waals surface area contributed by atoms with Crippen molar-refractivity contribution in [3.8, 4) is 17.2 Å². The molecule has 0 fully saturated rings. The maximum Gasteiger partial charge on any atom is 0.338 e. The van der Waals surface area contributed by atoms with Crippen LogP contribution in [0, 0.1) is 0 Å². The number of esters is 1. The number of benzene rings is 3. The van der Waals surface area contributed by atoms with Crippen LogP contribution in [0.3, 0.4) is 0 Å². The monoisotopic (exact) mass is 674 g/mol. The molecule has 0 spiro atoms. The van der Waals surface area contributed by atoms with Crippen molar-refractivity contribution in [3.63, 3.8) is 0 Å². The largest absolute Gasteiger partial charge is 0.493 e. The zero-order valence-electron chi connectivity index (χ0n) is 24.4. The van der Waals surface area contributed by atoms with Crippen LogP contribution >= 0.6 is 34.8 Å². The van der Waals surface area contributed by atoms with E-state index in [1.54, 1.807) is 50.2 Å². The molecule has 0 radical (unpaired) electrons. The van der Waals surface area contributed by atoms with Gasteiger partial charge >= 0.3 is 12.0 Å². The van der Waals surface area contributed by atoms with Crippen LogP contribution in [0.5, 0.6) is 17.2 Å². The fourth-order valence-corrected chi connectivity index (χ4v) is 5.14. The summed E-state index contributed by atoms with van der Waals surface area (Å²) in [4.78, 5) is 37.3. The topological polar surface area (TPSA) is 137 Å². The van der Waals surface area contributed by atoms with E-state index in [1.807, 2.05) is 12.1 Å². The van der Waals surface area contributed by atoms with Crippen LogP contribution in [0.1, 0.15) is 36.6 Å². The summed E-state index contributed by atoms with van der Waals surface area (Å²) in [5.74, 6) is -0.296. The van der Waals surface area contributed by atoms with Crippen molar-refractivity contribution in [2.24, 2.45) is 5.10 Å². The Hall–Kier alpha value is -4.45. The van der Waals surface area contributed by atoms with E-state index in [2.05, 4.69) is 21.2 Å². The quantitative estimate of drug-likeness (QED) is 0.123. The number of halogens is 3. The molecule has 3 aromatic rings. The molecular weight excluding hydrogens is 647 g/mol. The molecule has 3 N–H and O–H groups in total. The zero-order chi connectivity index (χ0) is 32.5. The highest BCUT2D eigenvalue weighted by molar-refractivity contribution is 6.36. The summed E-state index contributed by atoms with van der Waals surface area (Å²) in [6.07, 6.45) is 1.35. The van der Waals surface area contributed by atoms with Gasteiger partial charge in [0.25, 0.3) is 5.91 Å². The van der Waals surface area contributed by atoms with E-state index in [0.29, 0.717) is 32.6 Å². The Labute approximate surface area is 274 Å². The number of hydrazone groups is 1. The Bertz CT molecular complexity index is 1660. The molecule has 0 aliphatic carbocycles. The second-order valence-corrected chi connectivity index (χ2v) is 10.8. The Morgan fingerprint density at radius 1 is 1.02 bits per heavy atom. The molecule has 1 aliphatic rings. The number of allylic oxidation sites excluding steroid dienone is 1. The SMILES string of the molecule is CCOC(=O)C1=C(C)NC(=O)N[C@@H]1c1ccc(OCC(=O)N/N=C/c2cc(Cl)cc(Cl)c2OCc2cccc(Cl)c2)c(OC)c1. The number of nitrogens with zero attached hydrogens (tertiary/aromatic N) is 1. The first-order valence-electron chi connectivity index (χ1n) is 13.5. The first-order chi connectivity index (χ1) is 21.6. The fraction of sp³-hybridized carbons (Fsp3) is 0.226. The molecule has 1 heterocycles. The molecule has 236 valence electrons. The van der Waals surface area contributed by atoms with Crippen LogP contribution in [-0.2, 0) is 20.9 Å². The highest BCUT2D eigenvalue weighted by atomic mass is 35.5. The minimum absolute atomic E-state index is 0.171. The number of carbonyl (C=O) groups is 3. The molecule has 0 bridgehead atoms. The number of hydrogen-bond acceptors (Lipinski definition) is 8. The second kappa shape index (κ2) is 15.5. The van der Waals surface area contributed by atoms with Gasteiger partial charge in [0.05, 0.1) is 36.6 Å². The summed E-state index contributed by atoms with van der Waals surface area (Å²) in [6, 6.07) is 13.9. The minimum atomic E-state index is -0.794. The van der Waals surface area contributed by atoms with Crippen LogP contribution in [0.25, 0.3) is 0 Å². The van der Waals surface area contributed by atoms with E-state index < -0.39 is 30.6 Å². The van der Waals surface area contributed by atoms with Gasteiger partial charge in [0.1, 0.15) is 12.4 Å². The van der Waals surface area contributed by atoms with Crippen LogP contribution in [-0.4, -0.2) is 44.4 Å². The molecule has 1 atom stereocenters. The lowest BCUT2D eigenvalue weighted by Gasteiger charge is -2.28. The summed E-state index contributed by atoms with van der Waals surface area (Å²) >= 11 is 18.6. The predicted molar refractivity (Wildman–Crippen MR) is 170 cm³/mol. The molecule has 0 unspecified atom stereocenters. The van der Waals surface area contributed by atoms with Gasteiger partial charge in [0, 0.05) is 21.3 Å². The molecule has 0 saturated heterocycles. The van der Waals surface area contributed by atoms with Gasteiger partial charge in [0.15, 0.2) is 18.1 Å². The Morgan fingerprint density at radius 2 is 1.82 bits per heavy atom. The summed E-state index contributed by atoms with van der Waals surface area (Å²) in [5.41, 5.74) is 4.82. The maximum absolute atomic E-state index is 12.6. The van der Waals surface area contributed by atoms with Gasteiger partial charge in [-0.05, 0) is 61.4 Å². The lowest BCUT2D eigenvalue weighted by atomic mass is 9.95. The fourth-order valence-electron chi connectivity index (χ4n) is 4.37. The van der Waals surface area contributed by atoms with E-state index in [1.165, 1.54) is 19.4 Å². The van der Waals surface area contributed by atoms with Crippen molar-refractivity contribution >= 4 is 58.9 Å². The third kappa shape index (κ3) is 8.81. The van der Waals surface area contributed by atoms with Gasteiger partial charge in [-0.15, -0.1) is 0 Å². The maximum atomic E-state index is 12.6. The molecule has 3 aromatic carbocycles. The summed E-state index contributed by atoms with van der Waals surface area (Å²) in [6.45, 7) is 3.26. The van der Waals surface area contributed by atoms with E-state index in [4.69, 9.17) is 53.8 Å². The Kier molecular flexibility index (Phi) is 11.5. The molecule has 1 aliphatic heterocycles. The number of carbonyl (C=O) groups excluding carboxylic acids is 3. The van der Waals surface area contributed by atoms with E-state index in [0.717, 1.165) is 5.56 Å². The minimum Gasteiger partial charge on any atom is -0.493 e. The Balaban J connectivity index is 1.41. The van der Waals surface area contributed by atoms with Crippen molar-refractivity contribution in [2.75, 3.05) is 20.3 Å². The molecule has 4 rings (SSSR count). The summed E-state index contributed by atoms with van der Waals surface area (Å²) in [5, 5.41) is 10.5. The molecule has 45 heavy (non-hydrogen) atoms. The number of hydrogen-bond donors (Lipinski definition) is 3. The van der Waals surface area contributed by atoms with Gasteiger partial charge in [-0.2, -0.15) is 5.10 Å². The highest BCUT2D eigenvalue weighted by Crippen LogP contribution is 2.35. The number of urea groups is 1. The number of methoxy groups -OCH3 is 1. The van der Waals surface area contributed by atoms with Gasteiger partial charge in [-0.25, -0.2) is 15.0 Å². The van der Waals surface area contributed by atoms with E-state index in [9.17, 15) is 14.4 Å². The van der Waals surface area contributed by atoms with Gasteiger partial charge in [-0.1, -0.05) is 53.0 Å². The molecule has 14 heteroatoms. The van der Waals surface area contributed by atoms with Crippen molar-refractivity contribution in [3.05, 3.63) is 97.6 Å². The number of nitrogens with one attached hydrogen (secondary N) is 3. The molecule has 0 saturated carbocycles. The standard InChI is InChI=1S/C31H29Cl3N4O7/c1-4-43-30(40)27-17(2)36-31(41)37-28(27)19-8-9-24(25(12-19)42-3)44-16-26(39)38-35-14-20-11-22(33)13-23(34)29(20)45-15-18-6-5-7-21(32)10-18/h5-14,28H,4,15-16H2,1-3H3,(H,38,39)(H2,36,37,41)/b35-14+/t28-/m1/s1. The normalized spacial score (nSPS) is 14.4. The third-order valence-electron chi connectivity index (χ3n) is 6.35. The lowest BCUT2D eigenvalue weighted by Crippen LogP contribution is -2.45.